The third kappa shape index (κ3) is 4.72. The topological polar surface area (TPSA) is 37.6 Å². The first-order chi connectivity index (χ1) is 9.78. The lowest BCUT2D eigenvalue weighted by atomic mass is 10.2. The Morgan fingerprint density at radius 2 is 2.00 bits per heavy atom. The van der Waals surface area contributed by atoms with E-state index in [4.69, 9.17) is 9.15 Å². The van der Waals surface area contributed by atoms with Crippen LogP contribution in [0.25, 0.3) is 0 Å². The average Bonchev–Trinajstić information content (AvgIpc) is 2.94. The van der Waals surface area contributed by atoms with Gasteiger partial charge < -0.3 is 14.5 Å². The molecule has 2 rings (SSSR count). The molecule has 1 aromatic carbocycles. The van der Waals surface area contributed by atoms with Crippen molar-refractivity contribution in [2.45, 2.75) is 13.1 Å². The molecule has 2 aromatic rings. The fourth-order valence-electron chi connectivity index (χ4n) is 1.97. The second-order valence-electron chi connectivity index (χ2n) is 4.84. The maximum atomic E-state index is 5.74. The summed E-state index contributed by atoms with van der Waals surface area (Å²) in [6.45, 7) is 3.21. The second kappa shape index (κ2) is 7.72. The third-order valence-electron chi connectivity index (χ3n) is 3.05. The van der Waals surface area contributed by atoms with Crippen molar-refractivity contribution in [2.24, 2.45) is 0 Å². The van der Waals surface area contributed by atoms with Crippen molar-refractivity contribution in [1.82, 2.24) is 10.2 Å². The number of furan rings is 1. The first-order valence-corrected chi connectivity index (χ1v) is 6.85. The van der Waals surface area contributed by atoms with E-state index in [1.54, 1.807) is 6.26 Å². The molecule has 0 aliphatic carbocycles. The van der Waals surface area contributed by atoms with Crippen LogP contribution in [0.15, 0.2) is 47.1 Å². The van der Waals surface area contributed by atoms with E-state index >= 15 is 0 Å². The molecule has 1 N–H and O–H groups in total. The van der Waals surface area contributed by atoms with Crippen LogP contribution in [0, 0.1) is 0 Å². The van der Waals surface area contributed by atoms with Gasteiger partial charge in [-0.2, -0.15) is 0 Å². The van der Waals surface area contributed by atoms with Crippen LogP contribution in [0.4, 0.5) is 0 Å². The zero-order valence-corrected chi connectivity index (χ0v) is 12.1. The molecule has 0 saturated heterocycles. The van der Waals surface area contributed by atoms with Crippen LogP contribution in [0.5, 0.6) is 5.75 Å². The van der Waals surface area contributed by atoms with E-state index in [-0.39, 0.29) is 0 Å². The van der Waals surface area contributed by atoms with E-state index in [0.29, 0.717) is 6.61 Å². The van der Waals surface area contributed by atoms with Crippen LogP contribution in [-0.4, -0.2) is 32.1 Å². The zero-order chi connectivity index (χ0) is 14.2. The van der Waals surface area contributed by atoms with E-state index in [9.17, 15) is 0 Å². The maximum absolute atomic E-state index is 5.74. The molecule has 0 spiro atoms. The molecule has 0 saturated carbocycles. The van der Waals surface area contributed by atoms with Crippen molar-refractivity contribution in [2.75, 3.05) is 27.2 Å². The van der Waals surface area contributed by atoms with E-state index in [0.717, 1.165) is 31.1 Å². The molecule has 0 atom stereocenters. The van der Waals surface area contributed by atoms with Crippen molar-refractivity contribution in [3.05, 3.63) is 54.0 Å². The SMILES string of the molecule is CNCc1ccc(OCCN(C)Cc2ccco2)cc1. The zero-order valence-electron chi connectivity index (χ0n) is 12.1. The normalized spacial score (nSPS) is 10.9. The Balaban J connectivity index is 1.69. The lowest BCUT2D eigenvalue weighted by Crippen LogP contribution is -2.23. The lowest BCUT2D eigenvalue weighted by molar-refractivity contribution is 0.222. The minimum Gasteiger partial charge on any atom is -0.492 e. The van der Waals surface area contributed by atoms with Gasteiger partial charge in [-0.05, 0) is 43.9 Å². The van der Waals surface area contributed by atoms with Crippen LogP contribution >= 0.6 is 0 Å². The summed E-state index contributed by atoms with van der Waals surface area (Å²) < 4.78 is 11.1. The van der Waals surface area contributed by atoms with Crippen molar-refractivity contribution < 1.29 is 9.15 Å². The fraction of sp³-hybridized carbons (Fsp3) is 0.375. The number of hydrogen-bond donors (Lipinski definition) is 1. The number of hydrogen-bond acceptors (Lipinski definition) is 4. The highest BCUT2D eigenvalue weighted by Crippen LogP contribution is 2.12. The summed E-state index contributed by atoms with van der Waals surface area (Å²) in [4.78, 5) is 2.17. The van der Waals surface area contributed by atoms with Gasteiger partial charge in [0, 0.05) is 13.1 Å². The van der Waals surface area contributed by atoms with Crippen LogP contribution in [0.1, 0.15) is 11.3 Å². The molecule has 0 aliphatic heterocycles. The van der Waals surface area contributed by atoms with Gasteiger partial charge >= 0.3 is 0 Å². The predicted octanol–water partition coefficient (Wildman–Crippen LogP) is 2.51. The minimum atomic E-state index is 0.669. The first kappa shape index (κ1) is 14.6. The highest BCUT2D eigenvalue weighted by Gasteiger charge is 2.03. The maximum Gasteiger partial charge on any atom is 0.119 e. The molecular formula is C16H22N2O2. The molecule has 4 nitrogen and oxygen atoms in total. The van der Waals surface area contributed by atoms with Crippen molar-refractivity contribution in [3.8, 4) is 5.75 Å². The van der Waals surface area contributed by atoms with E-state index < -0.39 is 0 Å². The summed E-state index contributed by atoms with van der Waals surface area (Å²) in [5.74, 6) is 1.89. The largest absolute Gasteiger partial charge is 0.492 e. The standard InChI is InChI=1S/C16H22N2O2/c1-17-12-14-5-7-15(8-6-14)20-11-9-18(2)13-16-4-3-10-19-16/h3-8,10,17H,9,11-13H2,1-2H3. The molecule has 108 valence electrons. The Morgan fingerprint density at radius 3 is 2.65 bits per heavy atom. The molecular weight excluding hydrogens is 252 g/mol. The van der Waals surface area contributed by atoms with Gasteiger partial charge in [0.2, 0.25) is 0 Å². The molecule has 0 amide bonds. The van der Waals surface area contributed by atoms with Crippen molar-refractivity contribution in [3.63, 3.8) is 0 Å². The van der Waals surface area contributed by atoms with E-state index in [1.165, 1.54) is 5.56 Å². The van der Waals surface area contributed by atoms with Gasteiger partial charge in [0.05, 0.1) is 12.8 Å². The van der Waals surface area contributed by atoms with E-state index in [1.807, 2.05) is 31.3 Å². The second-order valence-corrected chi connectivity index (χ2v) is 4.84. The summed E-state index contributed by atoms with van der Waals surface area (Å²) in [6, 6.07) is 12.1. The summed E-state index contributed by atoms with van der Waals surface area (Å²) in [7, 11) is 4.00. The molecule has 4 heteroatoms. The van der Waals surface area contributed by atoms with Crippen molar-refractivity contribution >= 4 is 0 Å². The van der Waals surface area contributed by atoms with Gasteiger partial charge in [0.1, 0.15) is 18.1 Å². The highest BCUT2D eigenvalue weighted by molar-refractivity contribution is 5.27. The molecule has 0 fully saturated rings. The summed E-state index contributed by atoms with van der Waals surface area (Å²) in [5, 5.41) is 3.13. The highest BCUT2D eigenvalue weighted by atomic mass is 16.5. The van der Waals surface area contributed by atoms with Gasteiger partial charge in [-0.25, -0.2) is 0 Å². The van der Waals surface area contributed by atoms with Gasteiger partial charge in [-0.3, -0.25) is 4.90 Å². The van der Waals surface area contributed by atoms with Gasteiger partial charge in [-0.15, -0.1) is 0 Å². The average molecular weight is 274 g/mol. The Labute approximate surface area is 120 Å². The van der Waals surface area contributed by atoms with Crippen LogP contribution in [0.3, 0.4) is 0 Å². The summed E-state index contributed by atoms with van der Waals surface area (Å²) in [5.41, 5.74) is 1.26. The molecule has 1 heterocycles. The Hall–Kier alpha value is -1.78. The molecule has 0 bridgehead atoms. The summed E-state index contributed by atoms with van der Waals surface area (Å²) >= 11 is 0. The number of rotatable bonds is 8. The number of likely N-dealkylation sites (N-methyl/N-ethyl adjacent to an activating group) is 1. The quantitative estimate of drug-likeness (QED) is 0.802. The number of nitrogens with one attached hydrogen (secondary N) is 1. The van der Waals surface area contributed by atoms with Gasteiger partial charge in [-0.1, -0.05) is 12.1 Å². The Kier molecular flexibility index (Phi) is 5.65. The molecule has 0 radical (unpaired) electrons. The summed E-state index contributed by atoms with van der Waals surface area (Å²) in [6.07, 6.45) is 1.70. The number of nitrogens with zero attached hydrogens (tertiary/aromatic N) is 1. The molecule has 0 aliphatic rings. The van der Waals surface area contributed by atoms with Crippen LogP contribution in [-0.2, 0) is 13.1 Å². The van der Waals surface area contributed by atoms with Crippen LogP contribution < -0.4 is 10.1 Å². The monoisotopic (exact) mass is 274 g/mol. The first-order valence-electron chi connectivity index (χ1n) is 6.85. The number of ether oxygens (including phenoxy) is 1. The van der Waals surface area contributed by atoms with E-state index in [2.05, 4.69) is 29.4 Å². The third-order valence-corrected chi connectivity index (χ3v) is 3.05. The Bertz CT molecular complexity index is 480. The fourth-order valence-corrected chi connectivity index (χ4v) is 1.97. The predicted molar refractivity (Wildman–Crippen MR) is 79.7 cm³/mol. The van der Waals surface area contributed by atoms with Gasteiger partial charge in [0.25, 0.3) is 0 Å². The molecule has 0 unspecified atom stereocenters. The van der Waals surface area contributed by atoms with Crippen LogP contribution in [0.2, 0.25) is 0 Å². The van der Waals surface area contributed by atoms with Crippen molar-refractivity contribution in [1.29, 1.82) is 0 Å². The number of benzene rings is 1. The Morgan fingerprint density at radius 1 is 1.20 bits per heavy atom. The van der Waals surface area contributed by atoms with Gasteiger partial charge in [0.15, 0.2) is 0 Å². The molecule has 1 aromatic heterocycles. The minimum absolute atomic E-state index is 0.669. The smallest absolute Gasteiger partial charge is 0.119 e. The molecule has 20 heavy (non-hydrogen) atoms. The lowest BCUT2D eigenvalue weighted by Gasteiger charge is -2.15.